The van der Waals surface area contributed by atoms with Crippen molar-refractivity contribution in [2.75, 3.05) is 19.8 Å². The highest BCUT2D eigenvalue weighted by atomic mass is 32.2. The number of hydrogen-bond acceptors (Lipinski definition) is 4. The van der Waals surface area contributed by atoms with E-state index in [1.165, 1.54) is 4.90 Å². The average molecular weight is 299 g/mol. The molecule has 0 saturated heterocycles. The van der Waals surface area contributed by atoms with Crippen molar-refractivity contribution < 1.29 is 14.7 Å². The van der Waals surface area contributed by atoms with E-state index in [0.29, 0.717) is 5.16 Å². The van der Waals surface area contributed by atoms with Gasteiger partial charge in [-0.3, -0.25) is 9.59 Å². The van der Waals surface area contributed by atoms with E-state index in [2.05, 4.69) is 4.98 Å². The van der Waals surface area contributed by atoms with Crippen molar-refractivity contribution in [1.82, 2.24) is 14.5 Å². The highest BCUT2D eigenvalue weighted by molar-refractivity contribution is 7.99. The van der Waals surface area contributed by atoms with E-state index < -0.39 is 5.97 Å². The van der Waals surface area contributed by atoms with Crippen LogP contribution in [0.1, 0.15) is 26.5 Å². The Morgan fingerprint density at radius 2 is 2.00 bits per heavy atom. The number of carbonyl (C=O) groups excluding carboxylic acids is 1. The number of carboxylic acid groups (broad SMARTS) is 1. The van der Waals surface area contributed by atoms with Crippen LogP contribution in [0.15, 0.2) is 11.4 Å². The van der Waals surface area contributed by atoms with Gasteiger partial charge < -0.3 is 14.6 Å². The van der Waals surface area contributed by atoms with Gasteiger partial charge in [0.1, 0.15) is 6.54 Å². The molecule has 1 aromatic heterocycles. The topological polar surface area (TPSA) is 75.4 Å². The van der Waals surface area contributed by atoms with Crippen molar-refractivity contribution >= 4 is 23.6 Å². The maximum atomic E-state index is 11.9. The second kappa shape index (κ2) is 6.30. The molecule has 1 N–H and O–H groups in total. The second-order valence-corrected chi connectivity index (χ2v) is 6.68. The summed E-state index contributed by atoms with van der Waals surface area (Å²) in [4.78, 5) is 28.4. The number of imidazole rings is 1. The third-order valence-corrected chi connectivity index (χ3v) is 3.68. The summed E-state index contributed by atoms with van der Waals surface area (Å²) < 4.78 is 1.80. The van der Waals surface area contributed by atoms with Crippen LogP contribution in [0.25, 0.3) is 0 Å². The van der Waals surface area contributed by atoms with Gasteiger partial charge in [0.25, 0.3) is 0 Å². The number of carboxylic acids is 1. The Kier molecular flexibility index (Phi) is 5.21. The fourth-order valence-corrected chi connectivity index (χ4v) is 2.33. The zero-order valence-electron chi connectivity index (χ0n) is 12.5. The minimum Gasteiger partial charge on any atom is -0.481 e. The highest BCUT2D eigenvalue weighted by Gasteiger charge is 2.23. The van der Waals surface area contributed by atoms with Crippen LogP contribution < -0.4 is 0 Å². The molecule has 1 heterocycles. The quantitative estimate of drug-likeness (QED) is 0.833. The summed E-state index contributed by atoms with van der Waals surface area (Å²) >= 11 is 1.13. The van der Waals surface area contributed by atoms with Crippen molar-refractivity contribution in [3.8, 4) is 0 Å². The molecule has 0 aliphatic carbocycles. The number of aromatic nitrogens is 2. The van der Waals surface area contributed by atoms with E-state index in [1.807, 2.05) is 20.8 Å². The molecule has 0 saturated carbocycles. The Labute approximate surface area is 123 Å². The lowest BCUT2D eigenvalue weighted by molar-refractivity contribution is -0.134. The number of likely N-dealkylation sites (N-methyl/N-ethyl adjacent to an activating group) is 1. The Hall–Kier alpha value is -1.50. The normalized spacial score (nSPS) is 11.4. The van der Waals surface area contributed by atoms with Gasteiger partial charge in [-0.15, -0.1) is 0 Å². The van der Waals surface area contributed by atoms with Gasteiger partial charge in [-0.1, -0.05) is 32.5 Å². The predicted octanol–water partition coefficient (Wildman–Crippen LogP) is 1.45. The molecule has 0 bridgehead atoms. The third-order valence-electron chi connectivity index (χ3n) is 2.70. The van der Waals surface area contributed by atoms with Gasteiger partial charge in [0.15, 0.2) is 5.16 Å². The van der Waals surface area contributed by atoms with Crippen LogP contribution in [0.2, 0.25) is 0 Å². The number of nitrogens with zero attached hydrogens (tertiary/aromatic N) is 3. The van der Waals surface area contributed by atoms with Crippen LogP contribution in [-0.2, 0) is 21.5 Å². The molecule has 0 aliphatic rings. The molecule has 20 heavy (non-hydrogen) atoms. The molecule has 1 amide bonds. The molecule has 112 valence electrons. The zero-order chi connectivity index (χ0) is 15.5. The summed E-state index contributed by atoms with van der Waals surface area (Å²) in [6.07, 6.45) is 1.72. The molecule has 6 nitrogen and oxygen atoms in total. The van der Waals surface area contributed by atoms with Gasteiger partial charge in [0.2, 0.25) is 5.91 Å². The van der Waals surface area contributed by atoms with Crippen LogP contribution in [0, 0.1) is 0 Å². The molecular weight excluding hydrogens is 278 g/mol. The molecule has 0 atom stereocenters. The molecule has 1 aromatic rings. The smallest absolute Gasteiger partial charge is 0.313 e. The van der Waals surface area contributed by atoms with Gasteiger partial charge in [0.05, 0.1) is 5.75 Å². The number of amides is 1. The zero-order valence-corrected chi connectivity index (χ0v) is 13.3. The second-order valence-electron chi connectivity index (χ2n) is 5.73. The van der Waals surface area contributed by atoms with Crippen molar-refractivity contribution in [2.24, 2.45) is 0 Å². The van der Waals surface area contributed by atoms with E-state index >= 15 is 0 Å². The number of rotatable bonds is 5. The maximum Gasteiger partial charge on any atom is 0.313 e. The molecule has 1 rings (SSSR count). The Balaban J connectivity index is 3.09. The van der Waals surface area contributed by atoms with Gasteiger partial charge in [-0.25, -0.2) is 4.98 Å². The van der Waals surface area contributed by atoms with E-state index in [-0.39, 0.29) is 23.6 Å². The van der Waals surface area contributed by atoms with Crippen LogP contribution in [0.3, 0.4) is 0 Å². The number of thioether (sulfide) groups is 1. The molecule has 0 radical (unpaired) electrons. The van der Waals surface area contributed by atoms with E-state index in [0.717, 1.165) is 17.5 Å². The first-order valence-corrected chi connectivity index (χ1v) is 7.22. The summed E-state index contributed by atoms with van der Waals surface area (Å²) in [6.45, 7) is 6.27. The third kappa shape index (κ3) is 4.26. The van der Waals surface area contributed by atoms with Crippen molar-refractivity contribution in [3.63, 3.8) is 0 Å². The largest absolute Gasteiger partial charge is 0.481 e. The fourth-order valence-electron chi connectivity index (χ4n) is 1.63. The fraction of sp³-hybridized carbons (Fsp3) is 0.615. The lowest BCUT2D eigenvalue weighted by Crippen LogP contribution is -2.29. The molecule has 0 aliphatic heterocycles. The highest BCUT2D eigenvalue weighted by Crippen LogP contribution is 2.27. The summed E-state index contributed by atoms with van der Waals surface area (Å²) in [7, 11) is 3.39. The number of hydrogen-bond donors (Lipinski definition) is 1. The first kappa shape index (κ1) is 16.6. The first-order valence-electron chi connectivity index (χ1n) is 6.23. The predicted molar refractivity (Wildman–Crippen MR) is 78.0 cm³/mol. The van der Waals surface area contributed by atoms with E-state index in [4.69, 9.17) is 5.11 Å². The van der Waals surface area contributed by atoms with Gasteiger partial charge in [-0.2, -0.15) is 0 Å². The van der Waals surface area contributed by atoms with Crippen molar-refractivity contribution in [3.05, 3.63) is 11.9 Å². The van der Waals surface area contributed by atoms with E-state index in [1.54, 1.807) is 24.9 Å². The average Bonchev–Trinajstić information content (AvgIpc) is 2.68. The molecule has 7 heteroatoms. The summed E-state index contributed by atoms with van der Waals surface area (Å²) in [5, 5.41) is 9.33. The number of carbonyl (C=O) groups is 2. The Morgan fingerprint density at radius 3 is 2.45 bits per heavy atom. The van der Waals surface area contributed by atoms with Crippen molar-refractivity contribution in [1.29, 1.82) is 0 Å². The van der Waals surface area contributed by atoms with Gasteiger partial charge in [0, 0.05) is 31.4 Å². The van der Waals surface area contributed by atoms with Crippen LogP contribution in [0.4, 0.5) is 0 Å². The minimum atomic E-state index is -0.902. The first-order chi connectivity index (χ1) is 9.12. The van der Waals surface area contributed by atoms with Gasteiger partial charge >= 0.3 is 5.97 Å². The maximum absolute atomic E-state index is 11.9. The minimum absolute atomic E-state index is 0.0503. The van der Waals surface area contributed by atoms with Crippen LogP contribution in [-0.4, -0.2) is 51.3 Å². The van der Waals surface area contributed by atoms with Crippen LogP contribution in [0.5, 0.6) is 0 Å². The standard InChI is InChI=1S/C13H21N3O3S/c1-13(2,3)9-6-14-12(20-8-11(18)19)16(9)7-10(17)15(4)5/h6H,7-8H2,1-5H3,(H,18,19). The molecule has 0 spiro atoms. The molecule has 0 unspecified atom stereocenters. The van der Waals surface area contributed by atoms with Crippen LogP contribution >= 0.6 is 11.8 Å². The lowest BCUT2D eigenvalue weighted by atomic mass is 9.92. The lowest BCUT2D eigenvalue weighted by Gasteiger charge is -2.22. The molecule has 0 aromatic carbocycles. The Morgan fingerprint density at radius 1 is 1.40 bits per heavy atom. The summed E-state index contributed by atoms with van der Waals surface area (Å²) in [5.41, 5.74) is 0.752. The van der Waals surface area contributed by atoms with Gasteiger partial charge in [-0.05, 0) is 0 Å². The molecule has 0 fully saturated rings. The summed E-state index contributed by atoms with van der Waals surface area (Å²) in [5.74, 6) is -1.03. The Bertz CT molecular complexity index is 503. The monoisotopic (exact) mass is 299 g/mol. The summed E-state index contributed by atoms with van der Waals surface area (Å²) in [6, 6.07) is 0. The van der Waals surface area contributed by atoms with E-state index in [9.17, 15) is 9.59 Å². The molecular formula is C13H21N3O3S. The number of aliphatic carboxylic acids is 1. The SMILES string of the molecule is CN(C)C(=O)Cn1c(C(C)(C)C)cnc1SCC(=O)O. The van der Waals surface area contributed by atoms with Crippen molar-refractivity contribution in [2.45, 2.75) is 37.9 Å².